The molecule has 4 aliphatic rings. The summed E-state index contributed by atoms with van der Waals surface area (Å²) in [5.74, 6) is 1.95. The summed E-state index contributed by atoms with van der Waals surface area (Å²) in [6.45, 7) is 8.01. The maximum absolute atomic E-state index is 10.0. The molecule has 0 unspecified atom stereocenters. The van der Waals surface area contributed by atoms with Gasteiger partial charge in [0, 0.05) is 161 Å². The molecule has 4 aliphatic heterocycles. The van der Waals surface area contributed by atoms with Gasteiger partial charge in [0.05, 0.1) is 60.7 Å². The molecule has 13 heterocycles. The smallest absolute Gasteiger partial charge is 0.331 e. The number of benzene rings is 12. The molecule has 2 radical (unpaired) electrons. The van der Waals surface area contributed by atoms with Gasteiger partial charge in [0.25, 0.3) is 0 Å². The van der Waals surface area contributed by atoms with Gasteiger partial charge in [-0.3, -0.25) is 9.78 Å². The molecule has 21 aromatic rings. The minimum absolute atomic E-state index is 0. The molecule has 15 heteroatoms. The number of pyridine rings is 5. The molecule has 127 heavy (non-hydrogen) atoms. The monoisotopic (exact) mass is 2050 g/mol. The van der Waals surface area contributed by atoms with E-state index in [1.165, 1.54) is 122 Å². The quantitative estimate of drug-likeness (QED) is 0.0769. The van der Waals surface area contributed by atoms with Crippen LogP contribution in [-0.2, 0) is 71.2 Å². The average molecular weight is 2050 g/mol. The fraction of sp³-hybridized carbons (Fsp3) is 0.0625. The minimum Gasteiger partial charge on any atom is -0.512 e. The number of carbonyl (C=O) groups is 1. The molecule has 0 amide bonds. The first-order valence-corrected chi connectivity index (χ1v) is 42.8. The van der Waals surface area contributed by atoms with Crippen molar-refractivity contribution in [3.63, 3.8) is 0 Å². The molecule has 25 rings (SSSR count). The van der Waals surface area contributed by atoms with Crippen molar-refractivity contribution in [3.8, 4) is 95.9 Å². The Morgan fingerprint density at radius 3 is 1.73 bits per heavy atom. The molecule has 0 aliphatic carbocycles. The van der Waals surface area contributed by atoms with Gasteiger partial charge in [-0.2, -0.15) is 25.0 Å². The van der Waals surface area contributed by atoms with Gasteiger partial charge < -0.3 is 19.6 Å². The van der Waals surface area contributed by atoms with Crippen LogP contribution in [0.4, 0.5) is 0 Å². The first kappa shape index (κ1) is 77.7. The number of nitrogens with zero attached hydrogens (tertiary/aromatic N) is 9. The number of aliphatic hydroxyl groups excluding tert-OH is 1. The number of hydrogen-bond donors (Lipinski definition) is 1. The Morgan fingerprint density at radius 2 is 1.02 bits per heavy atom. The predicted molar refractivity (Wildman–Crippen MR) is 508 cm³/mol. The van der Waals surface area contributed by atoms with Crippen LogP contribution < -0.4 is 18.3 Å². The summed E-state index contributed by atoms with van der Waals surface area (Å²) in [6.07, 6.45) is 12.6. The third-order valence-corrected chi connectivity index (χ3v) is 23.9. The van der Waals surface area contributed by atoms with Gasteiger partial charge in [-0.05, 0) is 136 Å². The molecular formula is C112H86Ir2N9O2S2+. The Hall–Kier alpha value is -14.1. The van der Waals surface area contributed by atoms with E-state index < -0.39 is 0 Å². The maximum Gasteiger partial charge on any atom is 0.331 e. The number of hydrogen-bond acceptors (Lipinski definition) is 8. The van der Waals surface area contributed by atoms with Crippen LogP contribution in [-0.4, -0.2) is 35.4 Å². The molecule has 0 fully saturated rings. The van der Waals surface area contributed by atoms with Gasteiger partial charge in [0.1, 0.15) is 6.54 Å². The molecule has 0 bridgehead atoms. The zero-order valence-corrected chi connectivity index (χ0v) is 75.8. The third-order valence-electron chi connectivity index (χ3n) is 21.5. The molecule has 620 valence electrons. The van der Waals surface area contributed by atoms with Crippen LogP contribution in [0, 0.1) is 25.1 Å². The van der Waals surface area contributed by atoms with E-state index in [1.807, 2.05) is 163 Å². The fourth-order valence-corrected chi connectivity index (χ4v) is 18.3. The summed E-state index contributed by atoms with van der Waals surface area (Å²) in [5, 5.41) is 13.7. The van der Waals surface area contributed by atoms with Gasteiger partial charge >= 0.3 is 5.82 Å². The van der Waals surface area contributed by atoms with Crippen LogP contribution in [0.15, 0.2) is 419 Å². The SMILES string of the molecule is CC(=O)C=C(C)O.Cc1cc[n+]2c(n1)-c1ccccc1C2.[2H]c1c[n+]2c(c([2H])c1[2H])-c1c([2H])c([2H])c([2H])c([2H])c1C2.[Ir].[Ir].[c-]1ccc2c(sc3ccccc32)c1-c1ccccn1.[c-]1ccccc1-c1ccccn1.[c-]1ccccc1-c1nc2ccccc2n1-c1ccccc1.c1cc[n+]2c(c1)-c1c(ccc3c1sc1ccccc13)C2.c1ccc(-c2ccc3c(c2)-c2cccc[n+]2C3)cc1. The predicted octanol–water partition coefficient (Wildman–Crippen LogP) is 24.7. The summed E-state index contributed by atoms with van der Waals surface area (Å²) in [5.41, 5.74) is 23.9. The molecular weight excluding hydrogens is 1950 g/mol. The number of aryl methyl sites for hydroxylation is 1. The molecule has 1 N–H and O–H groups in total. The minimum atomic E-state index is -0.344. The Labute approximate surface area is 784 Å². The number of aromatic nitrogens is 9. The standard InChI is InChI=1S/C19H13N2.C18H12NS.C18H14N.C17H10NS.C12H11N2.C12H10N.C11H8N.C5H8O2.2Ir/c1-3-9-15(10-4-1)19-20-17-13-7-8-14-18(17)21(19)16-11-5-2-6-12-16;1-2-7-16-13(5-1)14-9-8-12-11-19-10-4-3-6-15(19)17(12)18(14)20-16;1-2-6-14(7-3-1)15-9-10-16-13-19-11-5-4-8-18(19)17(16)12-15;1-2-10-16-12(6-1)13-7-5-8-14(17(13)19-16)15-9-3-4-11-18-15;1-9-6-7-14-8-10-4-2-3-5-11(10)12(14)13-9;1-2-6-11-10(5-1)9-13-8-4-3-7-12(11)13;1-2-6-10(7-3-1)11-8-4-5-9-12-11;1-4(6)3-5(2)7;;/h1-9,11-14H;1-10H,11H2;1-12H,13H2;1-7,9-11H;2-7H,8H2,1H3;1-8H,9H2;1-6,8-9H;3,6H,1-2H3;;/q-1;2*+1;-1;2*+1;-1;;;/i;;;;;1D,2D,3D,4D,5D,6D,7D;;;;. The molecule has 0 saturated carbocycles. The normalized spacial score (nSPS) is 12.2. The van der Waals surface area contributed by atoms with Crippen LogP contribution in [0.2, 0.25) is 0 Å². The van der Waals surface area contributed by atoms with Crippen molar-refractivity contribution in [2.45, 2.75) is 47.0 Å². The number of allylic oxidation sites excluding steroid dienone is 2. The van der Waals surface area contributed by atoms with E-state index in [-0.39, 0.29) is 112 Å². The maximum atomic E-state index is 10.0. The third kappa shape index (κ3) is 19.6. The molecule has 9 aromatic heterocycles. The number of fused-ring (bicyclic) bond motifs is 20. The summed E-state index contributed by atoms with van der Waals surface area (Å²) in [4.78, 5) is 28.0. The van der Waals surface area contributed by atoms with Crippen LogP contribution in [0.3, 0.4) is 0 Å². The van der Waals surface area contributed by atoms with E-state index in [2.05, 4.69) is 270 Å². The first-order chi connectivity index (χ1) is 64.5. The number of para-hydroxylation sites is 3. The zero-order valence-electron chi connectivity index (χ0n) is 76.4. The second-order valence-electron chi connectivity index (χ2n) is 29.9. The Kier molecular flexibility index (Phi) is 24.9. The van der Waals surface area contributed by atoms with Crippen molar-refractivity contribution in [2.24, 2.45) is 0 Å². The number of rotatable bonds is 6. The fourth-order valence-electron chi connectivity index (χ4n) is 15.9. The van der Waals surface area contributed by atoms with Crippen molar-refractivity contribution in [2.75, 3.05) is 0 Å². The number of ketones is 1. The van der Waals surface area contributed by atoms with Gasteiger partial charge in [-0.1, -0.05) is 187 Å². The Morgan fingerprint density at radius 1 is 0.433 bits per heavy atom. The number of thiophene rings is 2. The largest absolute Gasteiger partial charge is 0.512 e. The van der Waals surface area contributed by atoms with Gasteiger partial charge in [-0.15, -0.1) is 107 Å². The summed E-state index contributed by atoms with van der Waals surface area (Å²) >= 11 is 3.73. The van der Waals surface area contributed by atoms with Crippen molar-refractivity contribution in [3.05, 3.63) is 465 Å². The van der Waals surface area contributed by atoms with E-state index in [1.54, 1.807) is 10.8 Å². The number of carbonyl (C=O) groups excluding carboxylic acids is 1. The zero-order chi connectivity index (χ0) is 90.9. The van der Waals surface area contributed by atoms with Crippen molar-refractivity contribution in [1.82, 2.24) is 24.5 Å². The van der Waals surface area contributed by atoms with E-state index in [4.69, 9.17) is 19.7 Å². The average Bonchev–Trinajstić information content (AvgIpc) is 1.58. The van der Waals surface area contributed by atoms with Crippen molar-refractivity contribution < 1.29 is 78.0 Å². The molecule has 0 atom stereocenters. The van der Waals surface area contributed by atoms with Crippen LogP contribution in [0.25, 0.3) is 147 Å². The number of imidazole rings is 1. The first-order valence-electron chi connectivity index (χ1n) is 44.6. The molecule has 12 aromatic carbocycles. The van der Waals surface area contributed by atoms with Crippen LogP contribution in [0.1, 0.15) is 51.4 Å². The van der Waals surface area contributed by atoms with E-state index in [0.29, 0.717) is 5.56 Å². The van der Waals surface area contributed by atoms with Crippen molar-refractivity contribution in [1.29, 1.82) is 0 Å². The Bertz CT molecular complexity index is 7860. The summed E-state index contributed by atoms with van der Waals surface area (Å²) in [6, 6.07) is 121. The van der Waals surface area contributed by atoms with Gasteiger partial charge in [0.15, 0.2) is 49.7 Å². The Balaban J connectivity index is 0.000000113. The summed E-state index contributed by atoms with van der Waals surface area (Å²) < 4.78 is 70.5. The van der Waals surface area contributed by atoms with E-state index in [0.717, 1.165) is 81.8 Å². The topological polar surface area (TPSA) is 109 Å². The van der Waals surface area contributed by atoms with Gasteiger partial charge in [-0.25, -0.2) is 4.57 Å². The number of aliphatic hydroxyl groups is 1. The van der Waals surface area contributed by atoms with Crippen molar-refractivity contribution >= 4 is 79.8 Å². The second kappa shape index (κ2) is 40.7. The van der Waals surface area contributed by atoms with Gasteiger partial charge in [0.2, 0.25) is 17.1 Å². The van der Waals surface area contributed by atoms with Crippen LogP contribution in [0.5, 0.6) is 0 Å². The van der Waals surface area contributed by atoms with E-state index in [9.17, 15) is 4.79 Å². The molecule has 11 nitrogen and oxygen atoms in total. The van der Waals surface area contributed by atoms with E-state index >= 15 is 0 Å². The van der Waals surface area contributed by atoms with Crippen LogP contribution >= 0.6 is 22.7 Å². The molecule has 0 saturated heterocycles. The summed E-state index contributed by atoms with van der Waals surface area (Å²) in [7, 11) is 0. The molecule has 0 spiro atoms. The second-order valence-corrected chi connectivity index (χ2v) is 32.0.